The number of nitrogens with zero attached hydrogens (tertiary/aromatic N) is 1. The molecule has 0 aliphatic heterocycles. The predicted octanol–water partition coefficient (Wildman–Crippen LogP) is 4.33. The molecule has 1 atom stereocenters. The van der Waals surface area contributed by atoms with Crippen LogP contribution in [0, 0.1) is 13.8 Å². The van der Waals surface area contributed by atoms with Gasteiger partial charge < -0.3 is 10.1 Å². The summed E-state index contributed by atoms with van der Waals surface area (Å²) in [5, 5.41) is 4.60. The summed E-state index contributed by atoms with van der Waals surface area (Å²) in [5.74, 6) is 0.890. The number of ether oxygens (including phenoxy) is 1. The lowest BCUT2D eigenvalue weighted by atomic mass is 10.2. The van der Waals surface area contributed by atoms with Crippen LogP contribution >= 0.6 is 11.3 Å². The zero-order chi connectivity index (χ0) is 13.8. The Balaban J connectivity index is 2.19. The first-order valence-corrected chi connectivity index (χ1v) is 7.35. The van der Waals surface area contributed by atoms with E-state index in [-0.39, 0.29) is 6.04 Å². The Kier molecular flexibility index (Phi) is 4.43. The van der Waals surface area contributed by atoms with Gasteiger partial charge in [0.25, 0.3) is 0 Å². The van der Waals surface area contributed by atoms with Gasteiger partial charge >= 0.3 is 0 Å². The molecule has 1 aromatic heterocycles. The van der Waals surface area contributed by atoms with Gasteiger partial charge in [0.2, 0.25) is 0 Å². The van der Waals surface area contributed by atoms with Crippen LogP contribution in [0.25, 0.3) is 0 Å². The van der Waals surface area contributed by atoms with Crippen molar-refractivity contribution in [2.75, 3.05) is 11.9 Å². The van der Waals surface area contributed by atoms with Crippen LogP contribution in [0.2, 0.25) is 0 Å². The molecule has 0 saturated carbocycles. The lowest BCUT2D eigenvalue weighted by Crippen LogP contribution is -2.09. The summed E-state index contributed by atoms with van der Waals surface area (Å²) in [6.07, 6.45) is 0. The molecule has 0 amide bonds. The van der Waals surface area contributed by atoms with Crippen LogP contribution in [0.5, 0.6) is 5.75 Å². The molecule has 0 radical (unpaired) electrons. The van der Waals surface area contributed by atoms with Gasteiger partial charge in [-0.3, -0.25) is 0 Å². The number of aryl methyl sites for hydroxylation is 2. The number of rotatable bonds is 5. The largest absolute Gasteiger partial charge is 0.492 e. The third-order valence-electron chi connectivity index (χ3n) is 2.91. The highest BCUT2D eigenvalue weighted by Gasteiger charge is 2.14. The molecule has 1 unspecified atom stereocenters. The van der Waals surface area contributed by atoms with Gasteiger partial charge in [-0.1, -0.05) is 12.1 Å². The molecule has 1 heterocycles. The van der Waals surface area contributed by atoms with Crippen LogP contribution in [-0.2, 0) is 0 Å². The van der Waals surface area contributed by atoms with E-state index < -0.39 is 0 Å². The summed E-state index contributed by atoms with van der Waals surface area (Å²) in [6, 6.07) is 8.19. The maximum Gasteiger partial charge on any atom is 0.142 e. The van der Waals surface area contributed by atoms with E-state index in [4.69, 9.17) is 4.74 Å². The fourth-order valence-electron chi connectivity index (χ4n) is 2.12. The first-order chi connectivity index (χ1) is 9.11. The standard InChI is InChI=1S/C15H20N2OS/c1-5-18-14-9-7-6-8-13(14)16-10(2)15-11(3)19-12(4)17-15/h6-10,16H,5H2,1-4H3. The third kappa shape index (κ3) is 3.26. The molecule has 0 saturated heterocycles. The van der Waals surface area contributed by atoms with Crippen molar-refractivity contribution in [1.29, 1.82) is 0 Å². The number of para-hydroxylation sites is 2. The van der Waals surface area contributed by atoms with E-state index in [1.807, 2.05) is 38.1 Å². The summed E-state index contributed by atoms with van der Waals surface area (Å²) in [6.45, 7) is 8.95. The average Bonchev–Trinajstić information content (AvgIpc) is 2.71. The number of aromatic nitrogens is 1. The summed E-state index contributed by atoms with van der Waals surface area (Å²) >= 11 is 1.74. The molecule has 19 heavy (non-hydrogen) atoms. The molecular weight excluding hydrogens is 256 g/mol. The minimum Gasteiger partial charge on any atom is -0.492 e. The third-order valence-corrected chi connectivity index (χ3v) is 3.81. The van der Waals surface area contributed by atoms with Crippen molar-refractivity contribution in [3.63, 3.8) is 0 Å². The number of benzene rings is 1. The van der Waals surface area contributed by atoms with Gasteiger partial charge in [-0.25, -0.2) is 4.98 Å². The fourth-order valence-corrected chi connectivity index (χ4v) is 3.03. The van der Waals surface area contributed by atoms with Gasteiger partial charge in [0.15, 0.2) is 0 Å². The summed E-state index contributed by atoms with van der Waals surface area (Å²) in [4.78, 5) is 5.87. The monoisotopic (exact) mass is 276 g/mol. The number of hydrogen-bond donors (Lipinski definition) is 1. The van der Waals surface area contributed by atoms with Crippen LogP contribution in [-0.4, -0.2) is 11.6 Å². The van der Waals surface area contributed by atoms with Crippen LogP contribution in [0.3, 0.4) is 0 Å². The molecule has 4 heteroatoms. The van der Waals surface area contributed by atoms with Crippen molar-refractivity contribution in [1.82, 2.24) is 4.98 Å². The van der Waals surface area contributed by atoms with Crippen molar-refractivity contribution >= 4 is 17.0 Å². The quantitative estimate of drug-likeness (QED) is 0.882. The number of thiazole rings is 1. The van der Waals surface area contributed by atoms with E-state index >= 15 is 0 Å². The Labute approximate surface area is 118 Å². The second kappa shape index (κ2) is 6.06. The van der Waals surface area contributed by atoms with Crippen molar-refractivity contribution in [2.45, 2.75) is 33.7 Å². The van der Waals surface area contributed by atoms with Crippen LogP contribution in [0.15, 0.2) is 24.3 Å². The van der Waals surface area contributed by atoms with E-state index in [0.717, 1.165) is 22.1 Å². The van der Waals surface area contributed by atoms with Crippen molar-refractivity contribution < 1.29 is 4.74 Å². The molecule has 0 aliphatic rings. The van der Waals surface area contributed by atoms with Crippen molar-refractivity contribution in [3.8, 4) is 5.75 Å². The number of anilines is 1. The molecule has 0 spiro atoms. The second-order valence-corrected chi connectivity index (χ2v) is 5.88. The Morgan fingerprint density at radius 3 is 2.68 bits per heavy atom. The molecule has 2 rings (SSSR count). The topological polar surface area (TPSA) is 34.1 Å². The molecule has 1 N–H and O–H groups in total. The highest BCUT2D eigenvalue weighted by molar-refractivity contribution is 7.11. The summed E-state index contributed by atoms with van der Waals surface area (Å²) in [5.41, 5.74) is 2.13. The molecule has 0 fully saturated rings. The second-order valence-electron chi connectivity index (χ2n) is 4.47. The first-order valence-electron chi connectivity index (χ1n) is 6.54. The van der Waals surface area contributed by atoms with Gasteiger partial charge in [-0.15, -0.1) is 11.3 Å². The SMILES string of the molecule is CCOc1ccccc1NC(C)c1nc(C)sc1C. The van der Waals surface area contributed by atoms with Crippen molar-refractivity contribution in [3.05, 3.63) is 39.8 Å². The summed E-state index contributed by atoms with van der Waals surface area (Å²) in [7, 11) is 0. The highest BCUT2D eigenvalue weighted by atomic mass is 32.1. The van der Waals surface area contributed by atoms with Crippen LogP contribution in [0.1, 0.15) is 35.5 Å². The van der Waals surface area contributed by atoms with Gasteiger partial charge in [0, 0.05) is 4.88 Å². The predicted molar refractivity (Wildman–Crippen MR) is 81.2 cm³/mol. The van der Waals surface area contributed by atoms with E-state index in [9.17, 15) is 0 Å². The average molecular weight is 276 g/mol. The van der Waals surface area contributed by atoms with Gasteiger partial charge in [-0.2, -0.15) is 0 Å². The molecule has 0 bridgehead atoms. The maximum absolute atomic E-state index is 5.63. The molecule has 102 valence electrons. The van der Waals surface area contributed by atoms with E-state index in [1.54, 1.807) is 11.3 Å². The number of hydrogen-bond acceptors (Lipinski definition) is 4. The highest BCUT2D eigenvalue weighted by Crippen LogP contribution is 2.30. The molecule has 1 aromatic carbocycles. The Bertz CT molecular complexity index is 551. The normalized spacial score (nSPS) is 12.2. The molecule has 0 aliphatic carbocycles. The molecule has 2 aromatic rings. The minimum atomic E-state index is 0.173. The van der Waals surface area contributed by atoms with Gasteiger partial charge in [-0.05, 0) is 39.8 Å². The van der Waals surface area contributed by atoms with E-state index in [2.05, 4.69) is 24.1 Å². The lowest BCUT2D eigenvalue weighted by molar-refractivity contribution is 0.341. The Hall–Kier alpha value is -1.55. The zero-order valence-corrected chi connectivity index (χ0v) is 12.7. The summed E-state index contributed by atoms with van der Waals surface area (Å²) < 4.78 is 5.63. The maximum atomic E-state index is 5.63. The van der Waals surface area contributed by atoms with Gasteiger partial charge in [0.05, 0.1) is 29.0 Å². The Morgan fingerprint density at radius 2 is 2.05 bits per heavy atom. The van der Waals surface area contributed by atoms with E-state index in [0.29, 0.717) is 6.61 Å². The van der Waals surface area contributed by atoms with Gasteiger partial charge in [0.1, 0.15) is 5.75 Å². The van der Waals surface area contributed by atoms with E-state index in [1.165, 1.54) is 4.88 Å². The smallest absolute Gasteiger partial charge is 0.142 e. The van der Waals surface area contributed by atoms with Crippen LogP contribution in [0.4, 0.5) is 5.69 Å². The van der Waals surface area contributed by atoms with Crippen LogP contribution < -0.4 is 10.1 Å². The molecular formula is C15H20N2OS. The zero-order valence-electron chi connectivity index (χ0n) is 11.9. The lowest BCUT2D eigenvalue weighted by Gasteiger charge is -2.17. The molecule has 3 nitrogen and oxygen atoms in total. The van der Waals surface area contributed by atoms with Crippen molar-refractivity contribution in [2.24, 2.45) is 0 Å². The fraction of sp³-hybridized carbons (Fsp3) is 0.400. The number of nitrogens with one attached hydrogen (secondary N) is 1. The Morgan fingerprint density at radius 1 is 1.32 bits per heavy atom. The first kappa shape index (κ1) is 13.9. The minimum absolute atomic E-state index is 0.173.